The van der Waals surface area contributed by atoms with Crippen molar-refractivity contribution in [3.05, 3.63) is 101 Å². The van der Waals surface area contributed by atoms with E-state index in [1.165, 1.54) is 36.4 Å². The van der Waals surface area contributed by atoms with Crippen molar-refractivity contribution in [2.45, 2.75) is 49.6 Å². The molecule has 0 aromatic heterocycles. The lowest BCUT2D eigenvalue weighted by molar-refractivity contribution is -0.120. The number of benzene rings is 3. The summed E-state index contributed by atoms with van der Waals surface area (Å²) in [6, 6.07) is 19.8. The topological polar surface area (TPSA) is 92.3 Å². The monoisotopic (exact) mass is 508 g/mol. The third-order valence-corrected chi connectivity index (χ3v) is 7.94. The summed E-state index contributed by atoms with van der Waals surface area (Å²) in [6.07, 6.45) is 2.38. The van der Waals surface area contributed by atoms with Gasteiger partial charge in [-0.05, 0) is 79.6 Å². The Bertz CT molecular complexity index is 1310. The second-order valence-corrected chi connectivity index (χ2v) is 11.0. The van der Waals surface area contributed by atoms with Crippen molar-refractivity contribution in [1.82, 2.24) is 10.0 Å². The van der Waals surface area contributed by atoms with Gasteiger partial charge in [0, 0.05) is 18.0 Å². The maximum absolute atomic E-state index is 13.2. The fourth-order valence-corrected chi connectivity index (χ4v) is 5.37. The van der Waals surface area contributed by atoms with Crippen molar-refractivity contribution >= 4 is 21.7 Å². The number of ketones is 1. The van der Waals surface area contributed by atoms with E-state index in [0.29, 0.717) is 17.9 Å². The predicted molar refractivity (Wildman–Crippen MR) is 135 cm³/mol. The zero-order valence-corrected chi connectivity index (χ0v) is 20.8. The van der Waals surface area contributed by atoms with Crippen LogP contribution in [-0.2, 0) is 27.7 Å². The number of rotatable bonds is 11. The third-order valence-electron chi connectivity index (χ3n) is 6.37. The van der Waals surface area contributed by atoms with Crippen LogP contribution in [0.5, 0.6) is 0 Å². The lowest BCUT2D eigenvalue weighted by Crippen LogP contribution is -2.43. The van der Waals surface area contributed by atoms with E-state index in [9.17, 15) is 22.4 Å². The standard InChI is InChI=1S/C28H29FN2O4S/c1-19(22-9-10-22)31-36(34,35)25-15-7-21(8-16-25)18-27(32)26(17-20-5-3-2-4-6-20)30-28(33)23-11-13-24(29)14-12-23/h2-8,11-16,19,22,26,31H,9-10,17-18H2,1H3,(H,30,33)/t19-,26-/m0/s1. The van der Waals surface area contributed by atoms with E-state index >= 15 is 0 Å². The molecule has 0 spiro atoms. The van der Waals surface area contributed by atoms with Gasteiger partial charge in [-0.25, -0.2) is 17.5 Å². The minimum atomic E-state index is -3.64. The van der Waals surface area contributed by atoms with Crippen molar-refractivity contribution in [3.8, 4) is 0 Å². The number of amides is 1. The molecular weight excluding hydrogens is 479 g/mol. The van der Waals surface area contributed by atoms with Crippen LogP contribution < -0.4 is 10.0 Å². The number of Topliss-reactive ketones (excluding diaryl/α,β-unsaturated/α-hetero) is 1. The van der Waals surface area contributed by atoms with Gasteiger partial charge in [0.1, 0.15) is 5.82 Å². The second kappa shape index (κ2) is 11.1. The fraction of sp³-hybridized carbons (Fsp3) is 0.286. The van der Waals surface area contributed by atoms with E-state index in [0.717, 1.165) is 18.4 Å². The smallest absolute Gasteiger partial charge is 0.251 e. The molecule has 0 aliphatic heterocycles. The van der Waals surface area contributed by atoms with Gasteiger partial charge in [0.05, 0.1) is 10.9 Å². The van der Waals surface area contributed by atoms with Crippen molar-refractivity contribution in [3.63, 3.8) is 0 Å². The number of hydrogen-bond donors (Lipinski definition) is 2. The molecule has 4 rings (SSSR count). The zero-order chi connectivity index (χ0) is 25.7. The highest BCUT2D eigenvalue weighted by Gasteiger charge is 2.31. The summed E-state index contributed by atoms with van der Waals surface area (Å²) >= 11 is 0. The quantitative estimate of drug-likeness (QED) is 0.409. The molecule has 1 aliphatic carbocycles. The van der Waals surface area contributed by atoms with Gasteiger partial charge >= 0.3 is 0 Å². The molecule has 3 aromatic carbocycles. The Labute approximate surface area is 211 Å². The first kappa shape index (κ1) is 25.7. The Kier molecular flexibility index (Phi) is 7.96. The Morgan fingerprint density at radius 1 is 0.917 bits per heavy atom. The molecule has 36 heavy (non-hydrogen) atoms. The van der Waals surface area contributed by atoms with E-state index in [-0.39, 0.29) is 28.7 Å². The number of nitrogens with one attached hydrogen (secondary N) is 2. The molecule has 1 fully saturated rings. The minimum Gasteiger partial charge on any atom is -0.342 e. The van der Waals surface area contributed by atoms with Crippen LogP contribution in [0.3, 0.4) is 0 Å². The van der Waals surface area contributed by atoms with E-state index in [1.54, 1.807) is 12.1 Å². The third kappa shape index (κ3) is 6.86. The van der Waals surface area contributed by atoms with Crippen LogP contribution in [0.25, 0.3) is 0 Å². The molecule has 1 aliphatic rings. The van der Waals surface area contributed by atoms with E-state index < -0.39 is 27.8 Å². The highest BCUT2D eigenvalue weighted by atomic mass is 32.2. The van der Waals surface area contributed by atoms with Gasteiger partial charge in [0.2, 0.25) is 10.0 Å². The highest BCUT2D eigenvalue weighted by Crippen LogP contribution is 2.33. The number of sulfonamides is 1. The van der Waals surface area contributed by atoms with Crippen LogP contribution in [0.4, 0.5) is 4.39 Å². The molecule has 188 valence electrons. The average molecular weight is 509 g/mol. The van der Waals surface area contributed by atoms with Crippen LogP contribution in [-0.4, -0.2) is 32.2 Å². The van der Waals surface area contributed by atoms with Gasteiger partial charge in [0.25, 0.3) is 5.91 Å². The molecule has 1 amide bonds. The van der Waals surface area contributed by atoms with E-state index in [2.05, 4.69) is 10.0 Å². The van der Waals surface area contributed by atoms with Gasteiger partial charge in [-0.1, -0.05) is 42.5 Å². The van der Waals surface area contributed by atoms with Crippen molar-refractivity contribution in [2.24, 2.45) is 5.92 Å². The summed E-state index contributed by atoms with van der Waals surface area (Å²) in [5.74, 6) is -0.749. The summed E-state index contributed by atoms with van der Waals surface area (Å²) < 4.78 is 41.3. The fourth-order valence-electron chi connectivity index (χ4n) is 4.05. The van der Waals surface area contributed by atoms with Crippen molar-refractivity contribution < 1.29 is 22.4 Å². The predicted octanol–water partition coefficient (Wildman–Crippen LogP) is 4.06. The molecule has 3 aromatic rings. The molecular formula is C28H29FN2O4S. The van der Waals surface area contributed by atoms with Crippen molar-refractivity contribution in [1.29, 1.82) is 0 Å². The van der Waals surface area contributed by atoms with Crippen LogP contribution in [0.2, 0.25) is 0 Å². The number of hydrogen-bond acceptors (Lipinski definition) is 4. The van der Waals surface area contributed by atoms with Gasteiger partial charge in [-0.2, -0.15) is 0 Å². The van der Waals surface area contributed by atoms with Crippen molar-refractivity contribution in [2.75, 3.05) is 0 Å². The summed E-state index contributed by atoms with van der Waals surface area (Å²) in [4.78, 5) is 26.1. The lowest BCUT2D eigenvalue weighted by atomic mass is 9.97. The molecule has 8 heteroatoms. The molecule has 2 N–H and O–H groups in total. The molecule has 1 saturated carbocycles. The minimum absolute atomic E-state index is 0.0213. The number of carbonyl (C=O) groups is 2. The van der Waals surface area contributed by atoms with Gasteiger partial charge in [-0.3, -0.25) is 9.59 Å². The lowest BCUT2D eigenvalue weighted by Gasteiger charge is -2.18. The first-order chi connectivity index (χ1) is 17.2. The molecule has 0 heterocycles. The largest absolute Gasteiger partial charge is 0.342 e. The molecule has 0 unspecified atom stereocenters. The van der Waals surface area contributed by atoms with Crippen LogP contribution in [0, 0.1) is 11.7 Å². The Balaban J connectivity index is 1.46. The van der Waals surface area contributed by atoms with E-state index in [1.807, 2.05) is 37.3 Å². The Morgan fingerprint density at radius 3 is 2.17 bits per heavy atom. The number of halogens is 1. The normalized spacial score (nSPS) is 15.2. The molecule has 6 nitrogen and oxygen atoms in total. The van der Waals surface area contributed by atoms with Gasteiger partial charge < -0.3 is 5.32 Å². The van der Waals surface area contributed by atoms with Crippen LogP contribution in [0.1, 0.15) is 41.3 Å². The zero-order valence-electron chi connectivity index (χ0n) is 20.0. The number of carbonyl (C=O) groups excluding carboxylic acids is 2. The molecule has 0 bridgehead atoms. The first-order valence-corrected chi connectivity index (χ1v) is 13.4. The summed E-state index contributed by atoms with van der Waals surface area (Å²) in [6.45, 7) is 1.87. The molecule has 0 saturated heterocycles. The summed E-state index contributed by atoms with van der Waals surface area (Å²) in [7, 11) is -3.64. The van der Waals surface area contributed by atoms with E-state index in [4.69, 9.17) is 0 Å². The van der Waals surface area contributed by atoms with Gasteiger partial charge in [0.15, 0.2) is 5.78 Å². The van der Waals surface area contributed by atoms with Crippen LogP contribution >= 0.6 is 0 Å². The first-order valence-electron chi connectivity index (χ1n) is 12.0. The summed E-state index contributed by atoms with van der Waals surface area (Å²) in [5, 5.41) is 2.78. The SMILES string of the molecule is C[C@H](NS(=O)(=O)c1ccc(CC(=O)[C@H](Cc2ccccc2)NC(=O)c2ccc(F)cc2)cc1)C1CC1. The second-order valence-electron chi connectivity index (χ2n) is 9.26. The summed E-state index contributed by atoms with van der Waals surface area (Å²) in [5.41, 5.74) is 1.78. The molecule has 0 radical (unpaired) electrons. The Hall–Kier alpha value is -3.36. The maximum Gasteiger partial charge on any atom is 0.251 e. The maximum atomic E-state index is 13.2. The Morgan fingerprint density at radius 2 is 1.56 bits per heavy atom. The van der Waals surface area contributed by atoms with Crippen LogP contribution in [0.15, 0.2) is 83.8 Å². The van der Waals surface area contributed by atoms with Gasteiger partial charge in [-0.15, -0.1) is 0 Å². The highest BCUT2D eigenvalue weighted by molar-refractivity contribution is 7.89. The molecule has 2 atom stereocenters. The average Bonchev–Trinajstić information content (AvgIpc) is 3.70.